The smallest absolute Gasteiger partial charge is 0.124 e. The van der Waals surface area contributed by atoms with Gasteiger partial charge in [0.05, 0.1) is 23.9 Å². The van der Waals surface area contributed by atoms with Gasteiger partial charge in [0.1, 0.15) is 5.60 Å². The largest absolute Gasteiger partial charge is 0.388 e. The molecule has 2 aliphatic heterocycles. The van der Waals surface area contributed by atoms with Crippen molar-refractivity contribution < 1.29 is 14.6 Å². The lowest BCUT2D eigenvalue weighted by Crippen LogP contribution is -2.65. The van der Waals surface area contributed by atoms with E-state index in [1.807, 2.05) is 13.8 Å². The molecule has 0 radical (unpaired) electrons. The Morgan fingerprint density at radius 2 is 1.90 bits per heavy atom. The molecule has 1 aromatic heterocycles. The monoisotopic (exact) mass is 421 g/mol. The van der Waals surface area contributed by atoms with Crippen molar-refractivity contribution in [3.8, 4) is 0 Å². The molecule has 5 aliphatic rings. The highest BCUT2D eigenvalue weighted by Crippen LogP contribution is 2.73. The van der Waals surface area contributed by atoms with Crippen LogP contribution in [-0.4, -0.2) is 39.6 Å². The van der Waals surface area contributed by atoms with Crippen LogP contribution in [0.15, 0.2) is 24.3 Å². The SMILES string of the molecule is CC(C)(O)[C@H]1C[C@H]2O[C@@]23[C@H](CC[C@@]2(C)[C@H]3CC[C@H]3Cc4c([nH]c5ccccc45)[C@@]32C)O1. The molecule has 4 heteroatoms. The zero-order chi connectivity index (χ0) is 21.4. The highest BCUT2D eigenvalue weighted by atomic mass is 16.7. The van der Waals surface area contributed by atoms with Gasteiger partial charge in [-0.1, -0.05) is 32.0 Å². The highest BCUT2D eigenvalue weighted by Gasteiger charge is 2.78. The molecule has 2 N–H and O–H groups in total. The van der Waals surface area contributed by atoms with Crippen LogP contribution < -0.4 is 0 Å². The minimum atomic E-state index is -0.812. The molecule has 8 atom stereocenters. The maximum Gasteiger partial charge on any atom is 0.124 e. The molecule has 1 spiro atoms. The summed E-state index contributed by atoms with van der Waals surface area (Å²) in [5, 5.41) is 12.0. The third-order valence-electron chi connectivity index (χ3n) is 10.7. The van der Waals surface area contributed by atoms with E-state index in [9.17, 15) is 5.11 Å². The van der Waals surface area contributed by atoms with Crippen molar-refractivity contribution in [1.82, 2.24) is 4.98 Å². The molecule has 4 fully saturated rings. The first-order valence-electron chi connectivity index (χ1n) is 12.4. The lowest BCUT2D eigenvalue weighted by Gasteiger charge is -2.62. The van der Waals surface area contributed by atoms with E-state index in [2.05, 4.69) is 43.1 Å². The Balaban J connectivity index is 1.32. The minimum absolute atomic E-state index is 0.124. The Labute approximate surface area is 184 Å². The lowest BCUT2D eigenvalue weighted by molar-refractivity contribution is -0.199. The molecule has 0 bridgehead atoms. The van der Waals surface area contributed by atoms with Gasteiger partial charge < -0.3 is 19.6 Å². The Morgan fingerprint density at radius 3 is 2.71 bits per heavy atom. The van der Waals surface area contributed by atoms with E-state index < -0.39 is 5.60 Å². The molecule has 31 heavy (non-hydrogen) atoms. The van der Waals surface area contributed by atoms with Gasteiger partial charge in [0.25, 0.3) is 0 Å². The number of hydrogen-bond donors (Lipinski definition) is 2. The maximum absolute atomic E-state index is 10.6. The van der Waals surface area contributed by atoms with Crippen LogP contribution in [0.25, 0.3) is 10.9 Å². The molecule has 0 amide bonds. The van der Waals surface area contributed by atoms with E-state index in [1.165, 1.54) is 42.3 Å². The normalized spacial score (nSPS) is 47.8. The fraction of sp³-hybridized carbons (Fsp3) is 0.704. The van der Waals surface area contributed by atoms with Crippen LogP contribution in [0.1, 0.15) is 71.1 Å². The van der Waals surface area contributed by atoms with Crippen molar-refractivity contribution in [2.75, 3.05) is 0 Å². The fourth-order valence-corrected chi connectivity index (χ4v) is 8.85. The summed E-state index contributed by atoms with van der Waals surface area (Å²) in [5.41, 5.74) is 3.76. The number of rotatable bonds is 1. The molecule has 4 nitrogen and oxygen atoms in total. The van der Waals surface area contributed by atoms with E-state index in [4.69, 9.17) is 9.47 Å². The number of hydrogen-bond acceptors (Lipinski definition) is 3. The van der Waals surface area contributed by atoms with Gasteiger partial charge in [-0.05, 0) is 74.8 Å². The Morgan fingerprint density at radius 1 is 1.10 bits per heavy atom. The molecule has 2 saturated carbocycles. The minimum Gasteiger partial charge on any atom is -0.388 e. The van der Waals surface area contributed by atoms with Gasteiger partial charge in [0, 0.05) is 28.4 Å². The number of fused-ring (bicyclic) bond motifs is 7. The van der Waals surface area contributed by atoms with Gasteiger partial charge in [0.2, 0.25) is 0 Å². The summed E-state index contributed by atoms with van der Waals surface area (Å²) < 4.78 is 13.2. The van der Waals surface area contributed by atoms with Crippen LogP contribution in [0.4, 0.5) is 0 Å². The second kappa shape index (κ2) is 5.58. The van der Waals surface area contributed by atoms with Crippen LogP contribution >= 0.6 is 0 Å². The molecule has 3 aliphatic carbocycles. The van der Waals surface area contributed by atoms with Crippen molar-refractivity contribution in [1.29, 1.82) is 0 Å². The van der Waals surface area contributed by atoms with Crippen LogP contribution in [0.5, 0.6) is 0 Å². The van der Waals surface area contributed by atoms with Gasteiger partial charge in [-0.25, -0.2) is 0 Å². The van der Waals surface area contributed by atoms with E-state index in [0.717, 1.165) is 12.8 Å². The molecule has 7 rings (SSSR count). The van der Waals surface area contributed by atoms with Crippen molar-refractivity contribution in [2.45, 2.75) is 101 Å². The third kappa shape index (κ3) is 2.09. The van der Waals surface area contributed by atoms with E-state index in [1.54, 1.807) is 5.56 Å². The van der Waals surface area contributed by atoms with Gasteiger partial charge in [-0.3, -0.25) is 0 Å². The number of aromatic nitrogens is 1. The molecule has 1 aromatic carbocycles. The van der Waals surface area contributed by atoms with Gasteiger partial charge in [-0.2, -0.15) is 0 Å². The topological polar surface area (TPSA) is 57.8 Å². The number of H-pyrrole nitrogens is 1. The molecule has 0 unspecified atom stereocenters. The Bertz CT molecular complexity index is 1080. The predicted octanol–water partition coefficient (Wildman–Crippen LogP) is 4.87. The summed E-state index contributed by atoms with van der Waals surface area (Å²) in [6.45, 7) is 8.88. The molecule has 2 aromatic rings. The Kier molecular flexibility index (Phi) is 3.44. The number of ether oxygens (including phenoxy) is 2. The first kappa shape index (κ1) is 19.1. The zero-order valence-corrected chi connectivity index (χ0v) is 19.2. The molecular weight excluding hydrogens is 386 g/mol. The summed E-state index contributed by atoms with van der Waals surface area (Å²) >= 11 is 0. The predicted molar refractivity (Wildman–Crippen MR) is 120 cm³/mol. The zero-order valence-electron chi connectivity index (χ0n) is 19.2. The number of aliphatic hydroxyl groups is 1. The van der Waals surface area contributed by atoms with Gasteiger partial charge in [-0.15, -0.1) is 0 Å². The lowest BCUT2D eigenvalue weighted by atomic mass is 9.43. The average molecular weight is 422 g/mol. The number of para-hydroxylation sites is 1. The number of benzene rings is 1. The summed E-state index contributed by atoms with van der Waals surface area (Å²) in [6.07, 6.45) is 6.99. The standard InChI is InChI=1S/C27H35NO3/c1-24(2,29)21-14-22-27(31-22)19-10-9-15-13-17-16-7-5-6-8-18(16)28-23(17)26(15,4)25(19,3)12-11-20(27)30-21/h5-8,15,19-22,28-29H,9-14H2,1-4H3/t15-,19+,20-,21+,22+,25-,26+,27-/m0/s1. The van der Waals surface area contributed by atoms with Crippen LogP contribution in [0.3, 0.4) is 0 Å². The summed E-state index contributed by atoms with van der Waals surface area (Å²) in [7, 11) is 0. The van der Waals surface area contributed by atoms with Gasteiger partial charge >= 0.3 is 0 Å². The summed E-state index contributed by atoms with van der Waals surface area (Å²) in [6, 6.07) is 8.85. The first-order chi connectivity index (χ1) is 14.7. The highest BCUT2D eigenvalue weighted by molar-refractivity contribution is 5.86. The summed E-state index contributed by atoms with van der Waals surface area (Å²) in [5.74, 6) is 1.23. The van der Waals surface area contributed by atoms with Crippen molar-refractivity contribution in [3.63, 3.8) is 0 Å². The molecule has 2 saturated heterocycles. The van der Waals surface area contributed by atoms with Crippen LogP contribution in [0, 0.1) is 17.3 Å². The van der Waals surface area contributed by atoms with E-state index in [0.29, 0.717) is 11.8 Å². The van der Waals surface area contributed by atoms with Crippen LogP contribution in [-0.2, 0) is 21.3 Å². The average Bonchev–Trinajstić information content (AvgIpc) is 3.23. The molecule has 166 valence electrons. The maximum atomic E-state index is 10.6. The second-order valence-electron chi connectivity index (χ2n) is 12.2. The second-order valence-corrected chi connectivity index (χ2v) is 12.2. The van der Waals surface area contributed by atoms with E-state index >= 15 is 0 Å². The number of aromatic amines is 1. The van der Waals surface area contributed by atoms with E-state index in [-0.39, 0.29) is 34.7 Å². The molecule has 3 heterocycles. The fourth-order valence-electron chi connectivity index (χ4n) is 8.85. The Hall–Kier alpha value is -1.36. The summed E-state index contributed by atoms with van der Waals surface area (Å²) in [4.78, 5) is 3.89. The van der Waals surface area contributed by atoms with Gasteiger partial charge in [0.15, 0.2) is 0 Å². The number of epoxide rings is 1. The first-order valence-corrected chi connectivity index (χ1v) is 12.4. The van der Waals surface area contributed by atoms with Crippen molar-refractivity contribution in [2.24, 2.45) is 17.3 Å². The van der Waals surface area contributed by atoms with Crippen LogP contribution in [0.2, 0.25) is 0 Å². The number of nitrogens with one attached hydrogen (secondary N) is 1. The third-order valence-corrected chi connectivity index (χ3v) is 10.7. The van der Waals surface area contributed by atoms with Crippen molar-refractivity contribution in [3.05, 3.63) is 35.5 Å². The van der Waals surface area contributed by atoms with Crippen molar-refractivity contribution >= 4 is 10.9 Å². The molecular formula is C27H35NO3. The quantitative estimate of drug-likeness (QED) is 0.646.